The molecular weight excluding hydrogens is 480 g/mol. The number of hydrogen-bond acceptors (Lipinski definition) is 0. The molecule has 0 spiro atoms. The van der Waals surface area contributed by atoms with Gasteiger partial charge in [0.05, 0.1) is 26.0 Å². The molecule has 0 aliphatic rings. The van der Waals surface area contributed by atoms with Gasteiger partial charge in [-0.2, -0.15) is 0 Å². The first-order valence-corrected chi connectivity index (χ1v) is 12.3. The molecule has 0 nitrogen and oxygen atoms in total. The van der Waals surface area contributed by atoms with Crippen LogP contribution in [-0.2, 0) is 0 Å². The van der Waals surface area contributed by atoms with Crippen LogP contribution in [0.3, 0.4) is 0 Å². The maximum atomic E-state index is 9.41. The topological polar surface area (TPSA) is 0 Å². The summed E-state index contributed by atoms with van der Waals surface area (Å²) in [6.45, 7) is 0. The summed E-state index contributed by atoms with van der Waals surface area (Å²) in [6, 6.07) is -2.05. The Balaban J connectivity index is 1.63. The Morgan fingerprint density at radius 3 is 1.62 bits per heavy atom. The highest BCUT2D eigenvalue weighted by molar-refractivity contribution is 6.23. The number of rotatable bonds is 3. The number of fused-ring (bicyclic) bond motifs is 4. The second kappa shape index (κ2) is 9.22. The molecule has 186 valence electrons. The summed E-state index contributed by atoms with van der Waals surface area (Å²) in [7, 11) is 0. The standard InChI is InChI=1S/C40H26/c1-2-12-31-26-32(25-22-27(31)10-1)28-20-23-30(24-21-28)39-35-15-5-7-17-37(35)40(38-18-8-6-16-36(38)39)34-19-9-13-29-11-3-4-14-33(29)34/h1-26H/i1D,2D,5D,6D,7D,8D,10D,12D,15D,16D,17D,18D,20D,21D,22D,23D,24D,25D,26D. The van der Waals surface area contributed by atoms with Crippen LogP contribution in [-0.4, -0.2) is 0 Å². The molecular formula is C40H26. The van der Waals surface area contributed by atoms with Crippen molar-refractivity contribution in [1.82, 2.24) is 0 Å². The third-order valence-electron chi connectivity index (χ3n) is 6.81. The van der Waals surface area contributed by atoms with Crippen LogP contribution >= 0.6 is 0 Å². The fourth-order valence-corrected chi connectivity index (χ4v) is 5.06. The van der Waals surface area contributed by atoms with Gasteiger partial charge in [-0.1, -0.05) is 151 Å². The fraction of sp³-hybridized carbons (Fsp3) is 0. The van der Waals surface area contributed by atoms with Gasteiger partial charge >= 0.3 is 0 Å². The molecule has 0 N–H and O–H groups in total. The zero-order valence-corrected chi connectivity index (χ0v) is 20.5. The van der Waals surface area contributed by atoms with Crippen LogP contribution in [0.25, 0.3) is 76.5 Å². The van der Waals surface area contributed by atoms with Gasteiger partial charge in [-0.05, 0) is 82.5 Å². The van der Waals surface area contributed by atoms with Crippen molar-refractivity contribution in [1.29, 1.82) is 0 Å². The van der Waals surface area contributed by atoms with Gasteiger partial charge in [-0.25, -0.2) is 0 Å². The molecule has 0 amide bonds. The molecule has 0 aromatic heterocycles. The number of hydrogen-bond donors (Lipinski definition) is 0. The van der Waals surface area contributed by atoms with Crippen molar-refractivity contribution in [3.05, 3.63) is 157 Å². The molecule has 0 saturated carbocycles. The van der Waals surface area contributed by atoms with Crippen molar-refractivity contribution in [3.63, 3.8) is 0 Å². The van der Waals surface area contributed by atoms with E-state index in [4.69, 9.17) is 15.1 Å². The van der Waals surface area contributed by atoms with Crippen molar-refractivity contribution in [2.24, 2.45) is 0 Å². The molecule has 8 rings (SSSR count). The van der Waals surface area contributed by atoms with Crippen LogP contribution in [0.1, 0.15) is 26.0 Å². The van der Waals surface area contributed by atoms with Gasteiger partial charge in [0, 0.05) is 0 Å². The van der Waals surface area contributed by atoms with Gasteiger partial charge in [0.25, 0.3) is 0 Å². The monoisotopic (exact) mass is 525 g/mol. The first kappa shape index (κ1) is 10.8. The van der Waals surface area contributed by atoms with E-state index in [9.17, 15) is 11.0 Å². The van der Waals surface area contributed by atoms with E-state index in [1.807, 2.05) is 0 Å². The molecule has 8 aromatic rings. The predicted molar refractivity (Wildman–Crippen MR) is 173 cm³/mol. The van der Waals surface area contributed by atoms with Crippen molar-refractivity contribution in [2.75, 3.05) is 0 Å². The largest absolute Gasteiger partial charge is 0.0636 e. The lowest BCUT2D eigenvalue weighted by atomic mass is 9.84. The van der Waals surface area contributed by atoms with Crippen molar-refractivity contribution in [3.8, 4) is 33.4 Å². The van der Waals surface area contributed by atoms with Crippen LogP contribution in [0.5, 0.6) is 0 Å². The highest BCUT2D eigenvalue weighted by atomic mass is 14.2. The Hall–Kier alpha value is -5.20. The molecule has 0 fully saturated rings. The van der Waals surface area contributed by atoms with Gasteiger partial charge in [-0.15, -0.1) is 0 Å². The Labute approximate surface area is 260 Å². The van der Waals surface area contributed by atoms with Crippen LogP contribution in [0, 0.1) is 0 Å². The Morgan fingerprint density at radius 2 is 0.900 bits per heavy atom. The van der Waals surface area contributed by atoms with Gasteiger partial charge in [0.2, 0.25) is 0 Å². The molecule has 8 aromatic carbocycles. The second-order valence-corrected chi connectivity index (χ2v) is 9.03. The lowest BCUT2D eigenvalue weighted by molar-refractivity contribution is 1.63. The third-order valence-corrected chi connectivity index (χ3v) is 6.81. The maximum Gasteiger partial charge on any atom is 0.0636 e. The summed E-state index contributed by atoms with van der Waals surface area (Å²) in [5.41, 5.74) is -2.02. The van der Waals surface area contributed by atoms with E-state index >= 15 is 0 Å². The Bertz CT molecular complexity index is 3150. The summed E-state index contributed by atoms with van der Waals surface area (Å²) in [6.07, 6.45) is 0. The highest BCUT2D eigenvalue weighted by Gasteiger charge is 2.17. The van der Waals surface area contributed by atoms with Gasteiger partial charge in [0.1, 0.15) is 0 Å². The normalized spacial score (nSPS) is 18.1. The van der Waals surface area contributed by atoms with E-state index in [2.05, 4.69) is 0 Å². The van der Waals surface area contributed by atoms with Crippen LogP contribution < -0.4 is 0 Å². The van der Waals surface area contributed by atoms with E-state index in [1.165, 1.54) is 0 Å². The highest BCUT2D eigenvalue weighted by Crippen LogP contribution is 2.45. The smallest absolute Gasteiger partial charge is 0.0616 e. The lowest BCUT2D eigenvalue weighted by Gasteiger charge is -2.19. The average Bonchev–Trinajstić information content (AvgIpc) is 3.22. The minimum Gasteiger partial charge on any atom is -0.0616 e. The van der Waals surface area contributed by atoms with Gasteiger partial charge in [-0.3, -0.25) is 0 Å². The van der Waals surface area contributed by atoms with E-state index in [0.29, 0.717) is 16.3 Å². The fourth-order valence-electron chi connectivity index (χ4n) is 5.06. The second-order valence-electron chi connectivity index (χ2n) is 9.03. The molecule has 0 aliphatic carbocycles. The van der Waals surface area contributed by atoms with Crippen molar-refractivity contribution in [2.45, 2.75) is 0 Å². The van der Waals surface area contributed by atoms with Crippen molar-refractivity contribution < 1.29 is 26.0 Å². The molecule has 0 heteroatoms. The summed E-state index contributed by atoms with van der Waals surface area (Å²) in [5.74, 6) is 0. The molecule has 40 heavy (non-hydrogen) atoms. The maximum absolute atomic E-state index is 9.41. The number of benzene rings is 8. The van der Waals surface area contributed by atoms with Gasteiger partial charge in [0.15, 0.2) is 0 Å². The van der Waals surface area contributed by atoms with E-state index in [1.54, 1.807) is 42.5 Å². The molecule has 0 unspecified atom stereocenters. The Kier molecular flexibility index (Phi) is 2.48. The molecule has 0 aliphatic heterocycles. The molecule has 0 saturated heterocycles. The molecule has 0 heterocycles. The summed E-state index contributed by atoms with van der Waals surface area (Å²) in [5, 5.41) is -0.810. The zero-order valence-electron chi connectivity index (χ0n) is 39.5. The average molecular weight is 526 g/mol. The Morgan fingerprint density at radius 1 is 0.350 bits per heavy atom. The minimum atomic E-state index is -0.899. The van der Waals surface area contributed by atoms with Gasteiger partial charge < -0.3 is 0 Å². The first-order chi connectivity index (χ1) is 27.8. The molecule has 0 radical (unpaired) electrons. The summed E-state index contributed by atoms with van der Waals surface area (Å²) >= 11 is 0. The lowest BCUT2D eigenvalue weighted by Crippen LogP contribution is -1.91. The summed E-state index contributed by atoms with van der Waals surface area (Å²) in [4.78, 5) is 0. The minimum absolute atomic E-state index is 0.0165. The van der Waals surface area contributed by atoms with E-state index < -0.39 is 148 Å². The van der Waals surface area contributed by atoms with Crippen LogP contribution in [0.15, 0.2) is 157 Å². The third kappa shape index (κ3) is 3.61. The van der Waals surface area contributed by atoms with E-state index in [-0.39, 0.29) is 27.1 Å². The van der Waals surface area contributed by atoms with Crippen molar-refractivity contribution >= 4 is 43.1 Å². The zero-order chi connectivity index (χ0) is 43.0. The van der Waals surface area contributed by atoms with E-state index in [0.717, 1.165) is 0 Å². The predicted octanol–water partition coefficient (Wildman–Crippen LogP) is 11.3. The molecule has 0 bridgehead atoms. The molecule has 0 atom stereocenters. The SMILES string of the molecule is [2H]c1c([2H])c(-c2c3c([2H])c([2H])c([2H])c([2H])c3c(-c3cccc4ccccc34)c3c([2H])c([2H])c([2H])c([2H])c23)c([2H])c([2H])c1-c1c([2H])c([2H])c2c([2H])c([2H])c([2H])c([2H])c2c1[2H]. The van der Waals surface area contributed by atoms with Crippen LogP contribution in [0.2, 0.25) is 0 Å². The summed E-state index contributed by atoms with van der Waals surface area (Å²) < 4.78 is 169. The quantitative estimate of drug-likeness (QED) is 0.201. The van der Waals surface area contributed by atoms with Crippen LogP contribution in [0.4, 0.5) is 0 Å². The first-order valence-electron chi connectivity index (χ1n) is 21.8.